The van der Waals surface area contributed by atoms with Crippen LogP contribution in [0.3, 0.4) is 0 Å². The number of ketones is 2. The Labute approximate surface area is 278 Å². The van der Waals surface area contributed by atoms with Crippen molar-refractivity contribution in [2.24, 2.45) is 58.2 Å². The quantitative estimate of drug-likeness (QED) is 0.295. The number of fused-ring (bicyclic) bond motifs is 10. The Kier molecular flexibility index (Phi) is 7.49. The van der Waals surface area contributed by atoms with Gasteiger partial charge in [0.25, 0.3) is 0 Å². The molecule has 6 heteroatoms. The van der Waals surface area contributed by atoms with Gasteiger partial charge in [0, 0.05) is 23.7 Å². The van der Waals surface area contributed by atoms with Crippen molar-refractivity contribution in [2.45, 2.75) is 128 Å². The number of carbonyl (C=O) groups is 2. The number of hydrogen-bond acceptors (Lipinski definition) is 5. The van der Waals surface area contributed by atoms with E-state index in [0.717, 1.165) is 77.0 Å². The van der Waals surface area contributed by atoms with Gasteiger partial charge in [0.1, 0.15) is 0 Å². The van der Waals surface area contributed by atoms with Gasteiger partial charge >= 0.3 is 11.4 Å². The molecule has 0 aromatic rings. The van der Waals surface area contributed by atoms with E-state index in [-0.39, 0.29) is 10.8 Å². The van der Waals surface area contributed by atoms with E-state index in [1.54, 1.807) is 0 Å². The van der Waals surface area contributed by atoms with Crippen LogP contribution in [0.2, 0.25) is 0 Å². The van der Waals surface area contributed by atoms with Crippen LogP contribution in [0.4, 0.5) is 0 Å². The summed E-state index contributed by atoms with van der Waals surface area (Å²) in [6.07, 6.45) is 31.4. The zero-order chi connectivity index (χ0) is 32.1. The van der Waals surface area contributed by atoms with Crippen molar-refractivity contribution in [3.63, 3.8) is 0 Å². The van der Waals surface area contributed by atoms with Crippen LogP contribution in [-0.2, 0) is 29.3 Å². The second-order valence-corrected chi connectivity index (χ2v) is 17.7. The summed E-state index contributed by atoms with van der Waals surface area (Å²) >= 11 is -2.08. The molecular formula is C40H50O5S. The molecule has 8 rings (SSSR count). The molecule has 0 aromatic heterocycles. The fourth-order valence-corrected chi connectivity index (χ4v) is 14.5. The van der Waals surface area contributed by atoms with E-state index in [9.17, 15) is 13.8 Å². The molecule has 12 atom stereocenters. The van der Waals surface area contributed by atoms with E-state index in [1.807, 2.05) is 12.2 Å². The summed E-state index contributed by atoms with van der Waals surface area (Å²) < 4.78 is 27.2. The van der Waals surface area contributed by atoms with Crippen LogP contribution in [0.1, 0.15) is 117 Å². The minimum Gasteiger partial charge on any atom is -0.295 e. The van der Waals surface area contributed by atoms with Gasteiger partial charge in [0.2, 0.25) is 0 Å². The largest absolute Gasteiger partial charge is 0.307 e. The maximum atomic E-state index is 14.1. The van der Waals surface area contributed by atoms with E-state index in [0.29, 0.717) is 84.6 Å². The monoisotopic (exact) mass is 642 g/mol. The van der Waals surface area contributed by atoms with E-state index < -0.39 is 22.6 Å². The summed E-state index contributed by atoms with van der Waals surface area (Å²) in [6, 6.07) is 0. The summed E-state index contributed by atoms with van der Waals surface area (Å²) in [5.41, 5.74) is 0.275. The van der Waals surface area contributed by atoms with Gasteiger partial charge in [0.05, 0.1) is 0 Å². The molecule has 0 unspecified atom stereocenters. The molecule has 46 heavy (non-hydrogen) atoms. The third-order valence-corrected chi connectivity index (χ3v) is 16.6. The SMILES string of the molecule is C#C[C@]1(OS(=O)O[C@@]2(C#C)CC[C@H]3[C@@H]4CCC5=CC(=O)CC[C@@H]5[C@H]4CC[C@@]32C)CC[C@H]2[C@@H]3CCC4=CC(=O)CC[C@@H]4[C@H]3CC[C@@]21C. The Bertz CT molecular complexity index is 1400. The van der Waals surface area contributed by atoms with Crippen LogP contribution >= 0.6 is 0 Å². The van der Waals surface area contributed by atoms with Gasteiger partial charge in [-0.05, 0) is 149 Å². The lowest BCUT2D eigenvalue weighted by molar-refractivity contribution is -0.117. The number of allylic oxidation sites excluding steroid dienone is 2. The molecule has 5 nitrogen and oxygen atoms in total. The molecule has 8 aliphatic carbocycles. The summed E-state index contributed by atoms with van der Waals surface area (Å²) in [4.78, 5) is 24.3. The molecule has 0 saturated heterocycles. The number of carbonyl (C=O) groups excluding carboxylic acids is 2. The molecule has 246 valence electrons. The molecule has 0 bridgehead atoms. The average molecular weight is 643 g/mol. The highest BCUT2D eigenvalue weighted by molar-refractivity contribution is 7.75. The fraction of sp³-hybridized carbons (Fsp3) is 0.750. The van der Waals surface area contributed by atoms with Crippen LogP contribution in [-0.4, -0.2) is 27.0 Å². The third-order valence-electron chi connectivity index (χ3n) is 15.7. The normalized spacial score (nSPS) is 49.2. The Balaban J connectivity index is 0.998. The van der Waals surface area contributed by atoms with Crippen molar-refractivity contribution in [2.75, 3.05) is 0 Å². The van der Waals surface area contributed by atoms with Gasteiger partial charge in [-0.25, -0.2) is 8.37 Å². The molecule has 6 saturated carbocycles. The number of hydrogen-bond donors (Lipinski definition) is 0. The molecule has 0 amide bonds. The number of rotatable bonds is 4. The Hall–Kier alpha value is -1.99. The second-order valence-electron chi connectivity index (χ2n) is 16.9. The van der Waals surface area contributed by atoms with Gasteiger partial charge in [-0.1, -0.05) is 36.8 Å². The Morgan fingerprint density at radius 1 is 0.630 bits per heavy atom. The average Bonchev–Trinajstić information content (AvgIpc) is 3.51. The highest BCUT2D eigenvalue weighted by Gasteiger charge is 2.67. The van der Waals surface area contributed by atoms with Gasteiger partial charge in [-0.2, -0.15) is 4.21 Å². The maximum absolute atomic E-state index is 14.1. The van der Waals surface area contributed by atoms with E-state index >= 15 is 0 Å². The third kappa shape index (κ3) is 4.31. The van der Waals surface area contributed by atoms with Crippen LogP contribution in [0.15, 0.2) is 23.3 Å². The topological polar surface area (TPSA) is 69.7 Å². The molecule has 0 heterocycles. The summed E-state index contributed by atoms with van der Waals surface area (Å²) in [6.45, 7) is 4.56. The fourth-order valence-electron chi connectivity index (χ4n) is 13.4. The van der Waals surface area contributed by atoms with Crippen molar-refractivity contribution in [3.05, 3.63) is 23.3 Å². The molecule has 0 N–H and O–H groups in total. The predicted octanol–water partition coefficient (Wildman–Crippen LogP) is 7.63. The lowest BCUT2D eigenvalue weighted by atomic mass is 9.50. The first kappa shape index (κ1) is 31.3. The molecule has 0 aromatic carbocycles. The van der Waals surface area contributed by atoms with Crippen molar-refractivity contribution >= 4 is 22.9 Å². The van der Waals surface area contributed by atoms with Crippen molar-refractivity contribution in [1.29, 1.82) is 0 Å². The lowest BCUT2D eigenvalue weighted by Crippen LogP contribution is -2.55. The van der Waals surface area contributed by atoms with Crippen LogP contribution in [0, 0.1) is 82.9 Å². The minimum absolute atomic E-state index is 0.286. The van der Waals surface area contributed by atoms with Crippen LogP contribution in [0.25, 0.3) is 0 Å². The molecule has 0 spiro atoms. The molecule has 0 radical (unpaired) electrons. The van der Waals surface area contributed by atoms with Crippen LogP contribution < -0.4 is 0 Å². The second kappa shape index (κ2) is 11.0. The first-order valence-corrected chi connectivity index (χ1v) is 19.3. The van der Waals surface area contributed by atoms with Crippen molar-refractivity contribution in [1.82, 2.24) is 0 Å². The Morgan fingerprint density at radius 3 is 1.48 bits per heavy atom. The van der Waals surface area contributed by atoms with Gasteiger partial charge in [-0.15, -0.1) is 12.8 Å². The highest BCUT2D eigenvalue weighted by Crippen LogP contribution is 2.68. The van der Waals surface area contributed by atoms with Crippen LogP contribution in [0.5, 0.6) is 0 Å². The molecular weight excluding hydrogens is 593 g/mol. The van der Waals surface area contributed by atoms with E-state index in [1.165, 1.54) is 11.1 Å². The zero-order valence-corrected chi connectivity index (χ0v) is 28.5. The predicted molar refractivity (Wildman–Crippen MR) is 178 cm³/mol. The highest BCUT2D eigenvalue weighted by atomic mass is 32.2. The maximum Gasteiger partial charge on any atom is 0.307 e. The first-order chi connectivity index (χ1) is 22.1. The van der Waals surface area contributed by atoms with Gasteiger partial charge < -0.3 is 0 Å². The first-order valence-electron chi connectivity index (χ1n) is 18.3. The summed E-state index contributed by atoms with van der Waals surface area (Å²) in [5, 5.41) is 0. The smallest absolute Gasteiger partial charge is 0.295 e. The van der Waals surface area contributed by atoms with Crippen molar-refractivity contribution in [3.8, 4) is 24.7 Å². The molecule has 8 aliphatic rings. The minimum atomic E-state index is -2.08. The summed E-state index contributed by atoms with van der Waals surface area (Å²) in [5.74, 6) is 10.9. The summed E-state index contributed by atoms with van der Waals surface area (Å²) in [7, 11) is 0. The molecule has 6 fully saturated rings. The Morgan fingerprint density at radius 2 is 1.07 bits per heavy atom. The lowest BCUT2D eigenvalue weighted by Gasteiger charge is -2.55. The van der Waals surface area contributed by atoms with Gasteiger partial charge in [0.15, 0.2) is 22.8 Å². The standard InChI is InChI=1S/C40H50O5S/c1-5-39(21-17-35-33-11-7-25-23-27(41)9-13-29(25)31(33)15-19-37(35,39)3)44-46(43)45-40(6-2)22-18-36-34-12-8-26-24-28(42)10-14-30(26)32(34)16-20-38(36,40)4/h1-2,23-24,29-36H,7-22H2,3-4H3/t29-,30-,31+,32+,33+,34+,35-,36-,37-,38-,39-,40-/m0/s1. The zero-order valence-electron chi connectivity index (χ0n) is 27.7. The van der Waals surface area contributed by atoms with E-state index in [2.05, 4.69) is 25.7 Å². The van der Waals surface area contributed by atoms with Gasteiger partial charge in [-0.3, -0.25) is 9.59 Å². The van der Waals surface area contributed by atoms with E-state index in [4.69, 9.17) is 21.2 Å². The van der Waals surface area contributed by atoms with Crippen molar-refractivity contribution < 1.29 is 22.2 Å². The molecule has 0 aliphatic heterocycles. The number of terminal acetylenes is 2.